The Balaban J connectivity index is 3.29. The van der Waals surface area contributed by atoms with Gasteiger partial charge in [-0.1, -0.05) is 44.2 Å². The van der Waals surface area contributed by atoms with Crippen molar-refractivity contribution in [1.29, 1.82) is 0 Å². The van der Waals surface area contributed by atoms with Crippen molar-refractivity contribution < 1.29 is 9.53 Å². The molecule has 0 saturated heterocycles. The lowest BCUT2D eigenvalue weighted by Crippen LogP contribution is -2.31. The van der Waals surface area contributed by atoms with E-state index >= 15 is 0 Å². The van der Waals surface area contributed by atoms with Gasteiger partial charge >= 0.3 is 5.97 Å². The molecule has 0 aliphatic heterocycles. The smallest absolute Gasteiger partial charge is 0.331 e. The van der Waals surface area contributed by atoms with Crippen LogP contribution in [0.15, 0.2) is 30.9 Å². The molecule has 0 saturated carbocycles. The monoisotopic (exact) mass is 246 g/mol. The third kappa shape index (κ3) is 2.81. The van der Waals surface area contributed by atoms with E-state index < -0.39 is 5.60 Å². The van der Waals surface area contributed by atoms with Crippen LogP contribution in [0.25, 0.3) is 0 Å². The molecule has 1 aromatic carbocycles. The second-order valence-corrected chi connectivity index (χ2v) is 4.64. The first-order valence-corrected chi connectivity index (χ1v) is 6.42. The molecule has 0 aliphatic carbocycles. The zero-order valence-corrected chi connectivity index (χ0v) is 11.7. The maximum absolute atomic E-state index is 11.6. The molecule has 0 unspecified atom stereocenters. The lowest BCUT2D eigenvalue weighted by molar-refractivity contribution is -0.155. The Morgan fingerprint density at radius 3 is 2.44 bits per heavy atom. The van der Waals surface area contributed by atoms with Crippen molar-refractivity contribution in [2.24, 2.45) is 0 Å². The van der Waals surface area contributed by atoms with Crippen LogP contribution in [0.5, 0.6) is 0 Å². The van der Waals surface area contributed by atoms with Crippen LogP contribution >= 0.6 is 0 Å². The number of benzene rings is 1. The lowest BCUT2D eigenvalue weighted by Gasteiger charge is -2.33. The summed E-state index contributed by atoms with van der Waals surface area (Å²) in [6.07, 6.45) is 2.74. The van der Waals surface area contributed by atoms with Crippen LogP contribution in [-0.4, -0.2) is 5.97 Å². The Hall–Kier alpha value is -1.57. The molecular formula is C16H22O2. The Morgan fingerprint density at radius 2 is 1.94 bits per heavy atom. The number of hydrogen-bond donors (Lipinski definition) is 0. The van der Waals surface area contributed by atoms with Crippen LogP contribution in [0, 0.1) is 13.8 Å². The molecule has 1 rings (SSSR count). The molecule has 98 valence electrons. The van der Waals surface area contributed by atoms with Crippen molar-refractivity contribution in [3.05, 3.63) is 47.5 Å². The number of hydrogen-bond acceptors (Lipinski definition) is 2. The molecule has 1 aromatic rings. The molecule has 0 aliphatic rings. The SMILES string of the molecule is C=CC(=O)OC(CC)(CC)c1cc(C)ccc1C. The second-order valence-electron chi connectivity index (χ2n) is 4.64. The van der Waals surface area contributed by atoms with Gasteiger partial charge in [-0.2, -0.15) is 0 Å². The first kappa shape index (κ1) is 14.5. The minimum absolute atomic E-state index is 0.361. The average molecular weight is 246 g/mol. The number of esters is 1. The molecule has 0 fully saturated rings. The first-order chi connectivity index (χ1) is 8.49. The molecule has 0 N–H and O–H groups in total. The lowest BCUT2D eigenvalue weighted by atomic mass is 9.84. The Labute approximate surface area is 110 Å². The summed E-state index contributed by atoms with van der Waals surface area (Å²) >= 11 is 0. The van der Waals surface area contributed by atoms with Gasteiger partial charge in [0.05, 0.1) is 0 Å². The number of aryl methyl sites for hydroxylation is 2. The van der Waals surface area contributed by atoms with Crippen LogP contribution in [0.4, 0.5) is 0 Å². The van der Waals surface area contributed by atoms with Crippen LogP contribution in [0.1, 0.15) is 43.4 Å². The summed E-state index contributed by atoms with van der Waals surface area (Å²) in [5.41, 5.74) is 2.89. The topological polar surface area (TPSA) is 26.3 Å². The summed E-state index contributed by atoms with van der Waals surface area (Å²) in [4.78, 5) is 11.6. The van der Waals surface area contributed by atoms with E-state index in [0.717, 1.165) is 24.0 Å². The number of rotatable bonds is 5. The molecule has 0 radical (unpaired) electrons. The third-order valence-corrected chi connectivity index (χ3v) is 3.49. The zero-order chi connectivity index (χ0) is 13.8. The number of ether oxygens (including phenoxy) is 1. The van der Waals surface area contributed by atoms with E-state index in [1.165, 1.54) is 11.6 Å². The van der Waals surface area contributed by atoms with Crippen LogP contribution < -0.4 is 0 Å². The highest BCUT2D eigenvalue weighted by molar-refractivity contribution is 5.81. The van der Waals surface area contributed by atoms with Gasteiger partial charge in [0.2, 0.25) is 0 Å². The highest BCUT2D eigenvalue weighted by Gasteiger charge is 2.33. The minimum atomic E-state index is -0.540. The van der Waals surface area contributed by atoms with E-state index in [4.69, 9.17) is 4.74 Å². The zero-order valence-electron chi connectivity index (χ0n) is 11.7. The average Bonchev–Trinajstić information content (AvgIpc) is 2.39. The molecule has 0 atom stereocenters. The quantitative estimate of drug-likeness (QED) is 0.578. The third-order valence-electron chi connectivity index (χ3n) is 3.49. The summed E-state index contributed by atoms with van der Waals surface area (Å²) in [7, 11) is 0. The van der Waals surface area contributed by atoms with Crippen LogP contribution in [0.3, 0.4) is 0 Å². The Morgan fingerprint density at radius 1 is 1.33 bits per heavy atom. The van der Waals surface area contributed by atoms with Gasteiger partial charge in [0.25, 0.3) is 0 Å². The number of carbonyl (C=O) groups excluding carboxylic acids is 1. The number of carbonyl (C=O) groups is 1. The molecule has 0 spiro atoms. The van der Waals surface area contributed by atoms with Gasteiger partial charge in [0.1, 0.15) is 5.60 Å². The van der Waals surface area contributed by atoms with Gasteiger partial charge < -0.3 is 4.74 Å². The van der Waals surface area contributed by atoms with E-state index in [9.17, 15) is 4.79 Å². The maximum atomic E-state index is 11.6. The van der Waals surface area contributed by atoms with Gasteiger partial charge in [-0.05, 0) is 37.8 Å². The molecule has 0 bridgehead atoms. The van der Waals surface area contributed by atoms with Gasteiger partial charge in [-0.25, -0.2) is 4.79 Å². The first-order valence-electron chi connectivity index (χ1n) is 6.42. The molecule has 2 nitrogen and oxygen atoms in total. The summed E-state index contributed by atoms with van der Waals surface area (Å²) in [5.74, 6) is -0.361. The minimum Gasteiger partial charge on any atom is -0.451 e. The van der Waals surface area contributed by atoms with Gasteiger partial charge in [-0.15, -0.1) is 0 Å². The van der Waals surface area contributed by atoms with E-state index in [1.807, 2.05) is 20.8 Å². The van der Waals surface area contributed by atoms with Gasteiger partial charge in [0, 0.05) is 6.08 Å². The Bertz CT molecular complexity index is 442. The molecule has 0 heterocycles. The van der Waals surface area contributed by atoms with E-state index in [-0.39, 0.29) is 5.97 Å². The van der Waals surface area contributed by atoms with E-state index in [2.05, 4.69) is 31.7 Å². The predicted molar refractivity (Wildman–Crippen MR) is 74.5 cm³/mol. The maximum Gasteiger partial charge on any atom is 0.331 e. The molecule has 0 amide bonds. The van der Waals surface area contributed by atoms with Crippen molar-refractivity contribution in [1.82, 2.24) is 0 Å². The standard InChI is InChI=1S/C16H22O2/c1-6-15(17)18-16(7-2,8-3)14-11-12(4)9-10-13(14)5/h6,9-11H,1,7-8H2,2-5H3. The van der Waals surface area contributed by atoms with Crippen molar-refractivity contribution in [2.45, 2.75) is 46.1 Å². The molecular weight excluding hydrogens is 224 g/mol. The largest absolute Gasteiger partial charge is 0.451 e. The highest BCUT2D eigenvalue weighted by atomic mass is 16.6. The van der Waals surface area contributed by atoms with Gasteiger partial charge in [0.15, 0.2) is 0 Å². The van der Waals surface area contributed by atoms with Gasteiger partial charge in [-0.3, -0.25) is 0 Å². The summed E-state index contributed by atoms with van der Waals surface area (Å²) in [6, 6.07) is 6.26. The normalized spacial score (nSPS) is 11.1. The van der Waals surface area contributed by atoms with Crippen LogP contribution in [-0.2, 0) is 15.1 Å². The molecule has 2 heteroatoms. The summed E-state index contributed by atoms with van der Waals surface area (Å²) in [5, 5.41) is 0. The molecule has 0 aromatic heterocycles. The highest BCUT2D eigenvalue weighted by Crippen LogP contribution is 2.35. The van der Waals surface area contributed by atoms with E-state index in [0.29, 0.717) is 0 Å². The summed E-state index contributed by atoms with van der Waals surface area (Å²) < 4.78 is 5.65. The second kappa shape index (κ2) is 5.85. The van der Waals surface area contributed by atoms with Crippen LogP contribution in [0.2, 0.25) is 0 Å². The molecule has 18 heavy (non-hydrogen) atoms. The summed E-state index contributed by atoms with van der Waals surface area (Å²) in [6.45, 7) is 11.7. The van der Waals surface area contributed by atoms with Crippen molar-refractivity contribution in [3.8, 4) is 0 Å². The van der Waals surface area contributed by atoms with Crippen molar-refractivity contribution in [2.75, 3.05) is 0 Å². The van der Waals surface area contributed by atoms with E-state index in [1.54, 1.807) is 0 Å². The fourth-order valence-corrected chi connectivity index (χ4v) is 2.29. The Kier molecular flexibility index (Phi) is 4.71. The van der Waals surface area contributed by atoms with Crippen molar-refractivity contribution in [3.63, 3.8) is 0 Å². The predicted octanol–water partition coefficient (Wildman–Crippen LogP) is 4.05. The fraction of sp³-hybridized carbons (Fsp3) is 0.438. The van der Waals surface area contributed by atoms with Crippen molar-refractivity contribution >= 4 is 5.97 Å². The fourth-order valence-electron chi connectivity index (χ4n) is 2.29.